The molecule has 15 heavy (non-hydrogen) atoms. The van der Waals surface area contributed by atoms with Crippen molar-refractivity contribution >= 4 is 22.9 Å². The van der Waals surface area contributed by atoms with Crippen LogP contribution in [0, 0.1) is 12.8 Å². The molecule has 0 bridgehead atoms. The van der Waals surface area contributed by atoms with Gasteiger partial charge < -0.3 is 0 Å². The molecule has 1 fully saturated rings. The first-order valence-corrected chi connectivity index (χ1v) is 6.78. The van der Waals surface area contributed by atoms with Gasteiger partial charge in [0.2, 0.25) is 0 Å². The molecule has 0 amide bonds. The van der Waals surface area contributed by atoms with Crippen LogP contribution in [-0.4, -0.2) is 28.4 Å². The van der Waals surface area contributed by atoms with Gasteiger partial charge in [0.25, 0.3) is 0 Å². The molecule has 2 rings (SSSR count). The molecule has 2 unspecified atom stereocenters. The van der Waals surface area contributed by atoms with E-state index in [1.807, 2.05) is 6.92 Å². The molecule has 1 saturated heterocycles. The molecule has 2 heterocycles. The Morgan fingerprint density at radius 3 is 2.93 bits per heavy atom. The van der Waals surface area contributed by atoms with Crippen molar-refractivity contribution in [1.82, 2.24) is 9.88 Å². The van der Waals surface area contributed by atoms with Crippen LogP contribution >= 0.6 is 22.9 Å². The molecule has 84 valence electrons. The first-order chi connectivity index (χ1) is 7.19. The fourth-order valence-corrected chi connectivity index (χ4v) is 3.36. The average molecular weight is 245 g/mol. The number of nitrogens with zero attached hydrogens (tertiary/aromatic N) is 2. The normalized spacial score (nSPS) is 27.4. The molecule has 0 spiro atoms. The molecule has 2 atom stereocenters. The van der Waals surface area contributed by atoms with Crippen molar-refractivity contribution in [2.45, 2.75) is 32.2 Å². The lowest BCUT2D eigenvalue weighted by Gasteiger charge is -2.12. The van der Waals surface area contributed by atoms with Crippen molar-refractivity contribution in [3.63, 3.8) is 0 Å². The summed E-state index contributed by atoms with van der Waals surface area (Å²) < 4.78 is 0. The van der Waals surface area contributed by atoms with Gasteiger partial charge in [0.05, 0.1) is 11.9 Å². The van der Waals surface area contributed by atoms with E-state index in [4.69, 9.17) is 11.6 Å². The smallest absolute Gasteiger partial charge is 0.107 e. The predicted molar refractivity (Wildman–Crippen MR) is 65.6 cm³/mol. The summed E-state index contributed by atoms with van der Waals surface area (Å²) in [4.78, 5) is 6.90. The Bertz CT molecular complexity index is 326. The van der Waals surface area contributed by atoms with Gasteiger partial charge in [0, 0.05) is 24.2 Å². The summed E-state index contributed by atoms with van der Waals surface area (Å²) in [6.07, 6.45) is 1.18. The van der Waals surface area contributed by atoms with Gasteiger partial charge in [0.15, 0.2) is 0 Å². The lowest BCUT2D eigenvalue weighted by Crippen LogP contribution is -2.20. The second-order valence-electron chi connectivity index (χ2n) is 4.26. The van der Waals surface area contributed by atoms with E-state index in [0.717, 1.165) is 25.3 Å². The summed E-state index contributed by atoms with van der Waals surface area (Å²) in [5, 5.41) is 3.66. The molecular formula is C11H17ClN2S. The molecule has 2 nitrogen and oxygen atoms in total. The summed E-state index contributed by atoms with van der Waals surface area (Å²) in [5.74, 6) is 0.660. The predicted octanol–water partition coefficient (Wildman–Crippen LogP) is 2.90. The standard InChI is InChI=1S/C11H17ClN2S/c1-3-9-4-14(5-10(9)12)6-11-13-8(2)7-15-11/h7,9-10H,3-6H2,1-2H3. The van der Waals surface area contributed by atoms with Crippen LogP contribution < -0.4 is 0 Å². The number of aromatic nitrogens is 1. The Labute approximate surface area is 100 Å². The van der Waals surface area contributed by atoms with Gasteiger partial charge in [-0.3, -0.25) is 4.90 Å². The number of aryl methyl sites for hydroxylation is 1. The van der Waals surface area contributed by atoms with Crippen LogP contribution in [0.15, 0.2) is 5.38 Å². The molecule has 1 aliphatic heterocycles. The first kappa shape index (κ1) is 11.4. The third kappa shape index (κ3) is 2.71. The lowest BCUT2D eigenvalue weighted by atomic mass is 10.1. The Morgan fingerprint density at radius 1 is 1.60 bits per heavy atom. The lowest BCUT2D eigenvalue weighted by molar-refractivity contribution is 0.314. The second-order valence-corrected chi connectivity index (χ2v) is 5.76. The molecule has 0 N–H and O–H groups in total. The highest BCUT2D eigenvalue weighted by molar-refractivity contribution is 7.09. The van der Waals surface area contributed by atoms with E-state index in [-0.39, 0.29) is 0 Å². The van der Waals surface area contributed by atoms with Gasteiger partial charge >= 0.3 is 0 Å². The fraction of sp³-hybridized carbons (Fsp3) is 0.727. The maximum absolute atomic E-state index is 6.29. The average Bonchev–Trinajstić information content (AvgIpc) is 2.73. The van der Waals surface area contributed by atoms with Crippen LogP contribution in [-0.2, 0) is 6.54 Å². The minimum Gasteiger partial charge on any atom is -0.295 e. The summed E-state index contributed by atoms with van der Waals surface area (Å²) in [6.45, 7) is 7.38. The zero-order chi connectivity index (χ0) is 10.8. The van der Waals surface area contributed by atoms with E-state index < -0.39 is 0 Å². The van der Waals surface area contributed by atoms with Crippen LogP contribution in [0.2, 0.25) is 0 Å². The molecule has 1 aromatic heterocycles. The molecule has 0 saturated carbocycles. The van der Waals surface area contributed by atoms with Crippen LogP contribution in [0.5, 0.6) is 0 Å². The quantitative estimate of drug-likeness (QED) is 0.761. The van der Waals surface area contributed by atoms with Crippen LogP contribution in [0.3, 0.4) is 0 Å². The highest BCUT2D eigenvalue weighted by Gasteiger charge is 2.30. The third-order valence-electron chi connectivity index (χ3n) is 2.99. The molecule has 1 aliphatic rings. The van der Waals surface area contributed by atoms with Gasteiger partial charge in [0.1, 0.15) is 5.01 Å². The van der Waals surface area contributed by atoms with Crippen LogP contribution in [0.25, 0.3) is 0 Å². The first-order valence-electron chi connectivity index (χ1n) is 5.46. The van der Waals surface area contributed by atoms with Crippen molar-refractivity contribution in [2.75, 3.05) is 13.1 Å². The molecule has 0 aromatic carbocycles. The van der Waals surface area contributed by atoms with Crippen LogP contribution in [0.1, 0.15) is 24.0 Å². The minimum atomic E-state index is 0.330. The van der Waals surface area contributed by atoms with Gasteiger partial charge in [-0.25, -0.2) is 4.98 Å². The van der Waals surface area contributed by atoms with E-state index in [1.54, 1.807) is 11.3 Å². The third-order valence-corrected chi connectivity index (χ3v) is 4.43. The monoisotopic (exact) mass is 244 g/mol. The van der Waals surface area contributed by atoms with E-state index in [9.17, 15) is 0 Å². The molecule has 0 aliphatic carbocycles. The number of rotatable bonds is 3. The summed E-state index contributed by atoms with van der Waals surface area (Å²) >= 11 is 8.04. The Morgan fingerprint density at radius 2 is 2.40 bits per heavy atom. The topological polar surface area (TPSA) is 16.1 Å². The minimum absolute atomic E-state index is 0.330. The summed E-state index contributed by atoms with van der Waals surface area (Å²) in [7, 11) is 0. The number of likely N-dealkylation sites (tertiary alicyclic amines) is 1. The molecule has 4 heteroatoms. The van der Waals surface area contributed by atoms with Crippen molar-refractivity contribution in [1.29, 1.82) is 0 Å². The fourth-order valence-electron chi connectivity index (χ4n) is 2.10. The maximum atomic E-state index is 6.29. The Hall–Kier alpha value is -0.120. The van der Waals surface area contributed by atoms with Crippen molar-refractivity contribution < 1.29 is 0 Å². The zero-order valence-electron chi connectivity index (χ0n) is 9.24. The van der Waals surface area contributed by atoms with Gasteiger partial charge in [-0.15, -0.1) is 22.9 Å². The summed E-state index contributed by atoms with van der Waals surface area (Å²) in [6, 6.07) is 0. The highest BCUT2D eigenvalue weighted by Crippen LogP contribution is 2.26. The Kier molecular flexibility index (Phi) is 3.65. The Balaban J connectivity index is 1.92. The zero-order valence-corrected chi connectivity index (χ0v) is 10.8. The van der Waals surface area contributed by atoms with Crippen molar-refractivity contribution in [2.24, 2.45) is 5.92 Å². The van der Waals surface area contributed by atoms with Crippen molar-refractivity contribution in [3.8, 4) is 0 Å². The molecule has 0 radical (unpaired) electrons. The number of hydrogen-bond donors (Lipinski definition) is 0. The van der Waals surface area contributed by atoms with Gasteiger partial charge in [-0.2, -0.15) is 0 Å². The van der Waals surface area contributed by atoms with Gasteiger partial charge in [-0.1, -0.05) is 13.3 Å². The number of halogens is 1. The molecular weight excluding hydrogens is 228 g/mol. The number of thiazole rings is 1. The van der Waals surface area contributed by atoms with E-state index >= 15 is 0 Å². The van der Waals surface area contributed by atoms with Crippen LogP contribution in [0.4, 0.5) is 0 Å². The maximum Gasteiger partial charge on any atom is 0.107 e. The van der Waals surface area contributed by atoms with E-state index in [0.29, 0.717) is 11.3 Å². The van der Waals surface area contributed by atoms with E-state index in [1.165, 1.54) is 11.4 Å². The second kappa shape index (κ2) is 4.81. The van der Waals surface area contributed by atoms with Crippen molar-refractivity contribution in [3.05, 3.63) is 16.1 Å². The summed E-state index contributed by atoms with van der Waals surface area (Å²) in [5.41, 5.74) is 1.13. The molecule has 1 aromatic rings. The van der Waals surface area contributed by atoms with Gasteiger partial charge in [-0.05, 0) is 12.8 Å². The number of alkyl halides is 1. The SMILES string of the molecule is CCC1CN(Cc2nc(C)cs2)CC1Cl. The number of hydrogen-bond acceptors (Lipinski definition) is 3. The highest BCUT2D eigenvalue weighted by atomic mass is 35.5. The largest absolute Gasteiger partial charge is 0.295 e. The van der Waals surface area contributed by atoms with E-state index in [2.05, 4.69) is 22.2 Å².